The van der Waals surface area contributed by atoms with Gasteiger partial charge in [0.15, 0.2) is 11.8 Å². The van der Waals surface area contributed by atoms with Crippen molar-refractivity contribution in [3.8, 4) is 5.69 Å². The fourth-order valence-electron chi connectivity index (χ4n) is 1.32. The lowest BCUT2D eigenvalue weighted by Gasteiger charge is -2.03. The Morgan fingerprint density at radius 3 is 2.59 bits per heavy atom. The SMILES string of the molecule is Br.NC(N)=NCc1ncnn1-c1ccccc1. The average molecular weight is 297 g/mol. The first-order valence-corrected chi connectivity index (χ1v) is 4.77. The first-order chi connectivity index (χ1) is 7.77. The summed E-state index contributed by atoms with van der Waals surface area (Å²) < 4.78 is 1.70. The van der Waals surface area contributed by atoms with Gasteiger partial charge in [0.1, 0.15) is 12.9 Å². The summed E-state index contributed by atoms with van der Waals surface area (Å²) in [6.07, 6.45) is 1.48. The van der Waals surface area contributed by atoms with E-state index in [1.165, 1.54) is 6.33 Å². The van der Waals surface area contributed by atoms with Gasteiger partial charge in [-0.3, -0.25) is 0 Å². The molecule has 0 saturated heterocycles. The predicted octanol–water partition coefficient (Wildman–Crippen LogP) is 0.619. The van der Waals surface area contributed by atoms with E-state index in [1.807, 2.05) is 30.3 Å². The van der Waals surface area contributed by atoms with E-state index >= 15 is 0 Å². The quantitative estimate of drug-likeness (QED) is 0.641. The molecule has 1 heterocycles. The van der Waals surface area contributed by atoms with Gasteiger partial charge in [0.05, 0.1) is 5.69 Å². The van der Waals surface area contributed by atoms with Crippen molar-refractivity contribution in [3.05, 3.63) is 42.5 Å². The molecule has 4 N–H and O–H groups in total. The number of benzene rings is 1. The Balaban J connectivity index is 0.00000144. The van der Waals surface area contributed by atoms with Crippen molar-refractivity contribution < 1.29 is 0 Å². The van der Waals surface area contributed by atoms with Crippen LogP contribution in [-0.2, 0) is 6.54 Å². The lowest BCUT2D eigenvalue weighted by atomic mass is 10.3. The Labute approximate surface area is 109 Å². The largest absolute Gasteiger partial charge is 0.370 e. The van der Waals surface area contributed by atoms with E-state index < -0.39 is 0 Å². The van der Waals surface area contributed by atoms with Crippen molar-refractivity contribution in [2.75, 3.05) is 0 Å². The smallest absolute Gasteiger partial charge is 0.186 e. The summed E-state index contributed by atoms with van der Waals surface area (Å²) >= 11 is 0. The molecule has 0 fully saturated rings. The van der Waals surface area contributed by atoms with Crippen molar-refractivity contribution in [2.24, 2.45) is 16.5 Å². The van der Waals surface area contributed by atoms with Crippen LogP contribution in [0.15, 0.2) is 41.7 Å². The molecule has 1 aromatic carbocycles. The molecule has 17 heavy (non-hydrogen) atoms. The lowest BCUT2D eigenvalue weighted by molar-refractivity contribution is 0.789. The van der Waals surface area contributed by atoms with Crippen LogP contribution in [0.25, 0.3) is 5.69 Å². The second-order valence-electron chi connectivity index (χ2n) is 3.16. The molecule has 0 spiro atoms. The fraction of sp³-hybridized carbons (Fsp3) is 0.100. The van der Waals surface area contributed by atoms with Crippen molar-refractivity contribution in [1.29, 1.82) is 0 Å². The van der Waals surface area contributed by atoms with Crippen molar-refractivity contribution in [1.82, 2.24) is 14.8 Å². The minimum absolute atomic E-state index is 0. The van der Waals surface area contributed by atoms with E-state index in [1.54, 1.807) is 4.68 Å². The molecule has 0 radical (unpaired) electrons. The highest BCUT2D eigenvalue weighted by atomic mass is 79.9. The second kappa shape index (κ2) is 6.00. The Hall–Kier alpha value is -1.89. The monoisotopic (exact) mass is 296 g/mol. The molecule has 6 nitrogen and oxygen atoms in total. The van der Waals surface area contributed by atoms with Crippen molar-refractivity contribution in [3.63, 3.8) is 0 Å². The fourth-order valence-corrected chi connectivity index (χ4v) is 1.32. The Bertz CT molecular complexity index is 489. The van der Waals surface area contributed by atoms with Crippen LogP contribution in [0, 0.1) is 0 Å². The predicted molar refractivity (Wildman–Crippen MR) is 71.2 cm³/mol. The van der Waals surface area contributed by atoms with Crippen LogP contribution in [0.2, 0.25) is 0 Å². The number of aliphatic imine (C=N–C) groups is 1. The zero-order chi connectivity index (χ0) is 11.4. The highest BCUT2D eigenvalue weighted by molar-refractivity contribution is 8.93. The number of nitrogens with zero attached hydrogens (tertiary/aromatic N) is 4. The van der Waals surface area contributed by atoms with Gasteiger partial charge in [0, 0.05) is 0 Å². The molecule has 7 heteroatoms. The molecule has 0 amide bonds. The van der Waals surface area contributed by atoms with Crippen LogP contribution in [-0.4, -0.2) is 20.7 Å². The molecular weight excluding hydrogens is 284 g/mol. The highest BCUT2D eigenvalue weighted by Crippen LogP contribution is 2.08. The Morgan fingerprint density at radius 2 is 1.94 bits per heavy atom. The van der Waals surface area contributed by atoms with Gasteiger partial charge in [-0.15, -0.1) is 17.0 Å². The maximum atomic E-state index is 5.27. The summed E-state index contributed by atoms with van der Waals surface area (Å²) in [7, 11) is 0. The average Bonchev–Trinajstić information content (AvgIpc) is 2.75. The number of guanidine groups is 1. The molecule has 2 rings (SSSR count). The third kappa shape index (κ3) is 3.28. The Kier molecular flexibility index (Phi) is 4.65. The number of hydrogen-bond donors (Lipinski definition) is 2. The van der Waals surface area contributed by atoms with Crippen molar-refractivity contribution in [2.45, 2.75) is 6.54 Å². The van der Waals surface area contributed by atoms with E-state index in [9.17, 15) is 0 Å². The molecule has 0 unspecified atom stereocenters. The molecule has 0 aliphatic rings. The molecule has 0 atom stereocenters. The zero-order valence-corrected chi connectivity index (χ0v) is 10.7. The lowest BCUT2D eigenvalue weighted by Crippen LogP contribution is -2.23. The number of halogens is 1. The van der Waals surface area contributed by atoms with Gasteiger partial charge in [-0.25, -0.2) is 14.7 Å². The normalized spacial score (nSPS) is 9.41. The van der Waals surface area contributed by atoms with Gasteiger partial charge in [0.2, 0.25) is 0 Å². The van der Waals surface area contributed by atoms with E-state index in [0.717, 1.165) is 5.69 Å². The summed E-state index contributed by atoms with van der Waals surface area (Å²) in [6, 6.07) is 9.68. The topological polar surface area (TPSA) is 95.1 Å². The van der Waals surface area contributed by atoms with Gasteiger partial charge in [0.25, 0.3) is 0 Å². The van der Waals surface area contributed by atoms with Crippen LogP contribution in [0.3, 0.4) is 0 Å². The molecule has 0 aliphatic carbocycles. The van der Waals surface area contributed by atoms with Gasteiger partial charge in [-0.05, 0) is 12.1 Å². The molecule has 1 aromatic heterocycles. The van der Waals surface area contributed by atoms with Gasteiger partial charge in [-0.1, -0.05) is 18.2 Å². The molecular formula is C10H13BrN6. The van der Waals surface area contributed by atoms with Gasteiger partial charge < -0.3 is 11.5 Å². The van der Waals surface area contributed by atoms with E-state index in [0.29, 0.717) is 12.4 Å². The van der Waals surface area contributed by atoms with E-state index in [4.69, 9.17) is 11.5 Å². The summed E-state index contributed by atoms with van der Waals surface area (Å²) in [5.74, 6) is 0.738. The minimum atomic E-state index is 0. The number of para-hydroxylation sites is 1. The number of hydrogen-bond acceptors (Lipinski definition) is 3. The van der Waals surface area contributed by atoms with Crippen LogP contribution in [0.5, 0.6) is 0 Å². The molecule has 0 saturated carbocycles. The van der Waals surface area contributed by atoms with Gasteiger partial charge >= 0.3 is 0 Å². The summed E-state index contributed by atoms with van der Waals surface area (Å²) in [5.41, 5.74) is 11.5. The van der Waals surface area contributed by atoms with Crippen molar-refractivity contribution >= 4 is 22.9 Å². The summed E-state index contributed by atoms with van der Waals surface area (Å²) in [4.78, 5) is 8.00. The molecule has 0 bridgehead atoms. The number of aromatic nitrogens is 3. The van der Waals surface area contributed by atoms with Crippen LogP contribution >= 0.6 is 17.0 Å². The van der Waals surface area contributed by atoms with Gasteiger partial charge in [-0.2, -0.15) is 5.10 Å². The Morgan fingerprint density at radius 1 is 1.24 bits per heavy atom. The zero-order valence-electron chi connectivity index (χ0n) is 9.02. The van der Waals surface area contributed by atoms with E-state index in [2.05, 4.69) is 15.1 Å². The third-order valence-corrected chi connectivity index (χ3v) is 2.02. The van der Waals surface area contributed by atoms with E-state index in [-0.39, 0.29) is 22.9 Å². The maximum Gasteiger partial charge on any atom is 0.186 e. The highest BCUT2D eigenvalue weighted by Gasteiger charge is 2.04. The standard InChI is InChI=1S/C10H12N6.BrH/c11-10(12)13-6-9-14-7-15-16(9)8-4-2-1-3-5-8;/h1-5,7H,6H2,(H4,11,12,13);1H. The molecule has 0 aliphatic heterocycles. The van der Waals surface area contributed by atoms with Crippen LogP contribution in [0.4, 0.5) is 0 Å². The van der Waals surface area contributed by atoms with Crippen LogP contribution < -0.4 is 11.5 Å². The first-order valence-electron chi connectivity index (χ1n) is 4.77. The molecule has 2 aromatic rings. The summed E-state index contributed by atoms with van der Waals surface area (Å²) in [5, 5.41) is 4.12. The number of nitrogens with two attached hydrogens (primary N) is 2. The first kappa shape index (κ1) is 13.2. The summed E-state index contributed by atoms with van der Waals surface area (Å²) in [6.45, 7) is 0.317. The van der Waals surface area contributed by atoms with Crippen LogP contribution in [0.1, 0.15) is 5.82 Å². The third-order valence-electron chi connectivity index (χ3n) is 2.02. The maximum absolute atomic E-state index is 5.27. The second-order valence-corrected chi connectivity index (χ2v) is 3.16. The number of rotatable bonds is 3. The molecule has 90 valence electrons. The minimum Gasteiger partial charge on any atom is -0.370 e.